The molecule has 1 amide bonds. The van der Waals surface area contributed by atoms with Crippen LogP contribution in [0.5, 0.6) is 5.75 Å². The van der Waals surface area contributed by atoms with Crippen molar-refractivity contribution in [2.24, 2.45) is 0 Å². The number of hydrogen-bond donors (Lipinski definition) is 3. The second-order valence-electron chi connectivity index (χ2n) is 9.84. The quantitative estimate of drug-likeness (QED) is 0.139. The molecule has 0 atom stereocenters. The van der Waals surface area contributed by atoms with Crippen molar-refractivity contribution < 1.29 is 29.0 Å². The molecule has 0 bridgehead atoms. The molecule has 0 fully saturated rings. The van der Waals surface area contributed by atoms with Crippen LogP contribution in [0.15, 0.2) is 84.9 Å². The van der Waals surface area contributed by atoms with Crippen molar-refractivity contribution in [2.75, 3.05) is 13.2 Å². The van der Waals surface area contributed by atoms with E-state index >= 15 is 0 Å². The van der Waals surface area contributed by atoms with Gasteiger partial charge in [-0.1, -0.05) is 48.5 Å². The Morgan fingerprint density at radius 1 is 0.860 bits per heavy atom. The first-order valence-corrected chi connectivity index (χ1v) is 13.8. The molecule has 4 aromatic rings. The summed E-state index contributed by atoms with van der Waals surface area (Å²) in [5.74, 6) is -0.520. The fraction of sp³-hybridized carbons (Fsp3) is 0.176. The zero-order valence-corrected chi connectivity index (χ0v) is 24.2. The highest BCUT2D eigenvalue weighted by Gasteiger charge is 2.16. The van der Waals surface area contributed by atoms with Gasteiger partial charge >= 0.3 is 11.9 Å². The van der Waals surface area contributed by atoms with E-state index in [1.54, 1.807) is 31.2 Å². The molecule has 1 heterocycles. The summed E-state index contributed by atoms with van der Waals surface area (Å²) in [5.41, 5.74) is 5.74. The number of carboxylic acid groups (broad SMARTS) is 1. The van der Waals surface area contributed by atoms with Gasteiger partial charge in [0.15, 0.2) is 6.61 Å². The molecule has 0 aliphatic heterocycles. The molecular formula is C34H33N3O6. The van der Waals surface area contributed by atoms with Gasteiger partial charge in [0.2, 0.25) is 5.91 Å². The Balaban J connectivity index is 1.65. The maximum absolute atomic E-state index is 12.0. The van der Waals surface area contributed by atoms with Crippen molar-refractivity contribution in [3.8, 4) is 39.7 Å². The Morgan fingerprint density at radius 2 is 1.44 bits per heavy atom. The third kappa shape index (κ3) is 8.77. The summed E-state index contributed by atoms with van der Waals surface area (Å²) in [6.45, 7) is 5.46. The van der Waals surface area contributed by atoms with Crippen molar-refractivity contribution in [1.82, 2.24) is 15.3 Å². The van der Waals surface area contributed by atoms with Crippen LogP contribution in [0, 0.1) is 0 Å². The molecule has 0 aliphatic carbocycles. The summed E-state index contributed by atoms with van der Waals surface area (Å²) < 4.78 is 10.2. The van der Waals surface area contributed by atoms with E-state index < -0.39 is 18.5 Å². The zero-order valence-electron chi connectivity index (χ0n) is 24.2. The lowest BCUT2D eigenvalue weighted by atomic mass is 10.0. The van der Waals surface area contributed by atoms with Crippen molar-refractivity contribution in [3.05, 3.63) is 96.1 Å². The van der Waals surface area contributed by atoms with E-state index in [0.29, 0.717) is 23.9 Å². The summed E-state index contributed by atoms with van der Waals surface area (Å²) in [7, 11) is 0. The van der Waals surface area contributed by atoms with Crippen molar-refractivity contribution in [3.63, 3.8) is 0 Å². The summed E-state index contributed by atoms with van der Waals surface area (Å²) >= 11 is 0. The molecule has 0 spiro atoms. The number of carbonyl (C=O) groups is 3. The normalized spacial score (nSPS) is 11.3. The minimum atomic E-state index is -1.05. The largest absolute Gasteiger partial charge is 0.482 e. The number of imidazole rings is 1. The number of aliphatic carboxylic acids is 1. The number of nitrogens with zero attached hydrogens (tertiary/aromatic N) is 1. The fourth-order valence-corrected chi connectivity index (χ4v) is 4.15. The number of aromatic nitrogens is 2. The summed E-state index contributed by atoms with van der Waals surface area (Å²) in [5, 5.41) is 11.7. The van der Waals surface area contributed by atoms with Gasteiger partial charge in [-0.05, 0) is 68.3 Å². The van der Waals surface area contributed by atoms with Gasteiger partial charge in [-0.2, -0.15) is 0 Å². The third-order valence-electron chi connectivity index (χ3n) is 6.13. The van der Waals surface area contributed by atoms with E-state index in [2.05, 4.69) is 10.3 Å². The van der Waals surface area contributed by atoms with Gasteiger partial charge in [-0.15, -0.1) is 0 Å². The standard InChI is InChI=1S/C34H33N3O6/c1-4-42-31(41)20-10-24-7-13-27(14-8-24)34-36-32(25-11-5-23(6-12-25)9-19-29(38)35-22(2)3)33(37-34)26-15-17-28(18-16-26)43-21-30(39)40/h5-20,22H,4,21H2,1-3H3,(H,35,38)(H,36,37)(H,39,40)/b19-9+,20-10+. The van der Waals surface area contributed by atoms with E-state index in [-0.39, 0.29) is 11.9 Å². The molecule has 43 heavy (non-hydrogen) atoms. The second-order valence-corrected chi connectivity index (χ2v) is 9.84. The number of carboxylic acids is 1. The topological polar surface area (TPSA) is 131 Å². The predicted octanol–water partition coefficient (Wildman–Crippen LogP) is 5.99. The lowest BCUT2D eigenvalue weighted by Gasteiger charge is -2.06. The first-order valence-electron chi connectivity index (χ1n) is 13.8. The molecule has 3 aromatic carbocycles. The van der Waals surface area contributed by atoms with Crippen molar-refractivity contribution in [1.29, 1.82) is 0 Å². The SMILES string of the molecule is CCOC(=O)/C=C/c1ccc(-c2nc(-c3ccc(OCC(=O)O)cc3)c(-c3ccc(/C=C/C(=O)NC(C)C)cc3)[nH]2)cc1. The Labute approximate surface area is 249 Å². The highest BCUT2D eigenvalue weighted by molar-refractivity contribution is 5.92. The lowest BCUT2D eigenvalue weighted by molar-refractivity contribution is -0.139. The van der Waals surface area contributed by atoms with Gasteiger partial charge < -0.3 is 24.9 Å². The zero-order chi connectivity index (χ0) is 30.8. The van der Waals surface area contributed by atoms with Crippen LogP contribution in [0.25, 0.3) is 46.1 Å². The van der Waals surface area contributed by atoms with Gasteiger partial charge in [0.25, 0.3) is 0 Å². The van der Waals surface area contributed by atoms with E-state index in [0.717, 1.165) is 33.5 Å². The highest BCUT2D eigenvalue weighted by Crippen LogP contribution is 2.34. The highest BCUT2D eigenvalue weighted by atomic mass is 16.5. The molecule has 220 valence electrons. The minimum Gasteiger partial charge on any atom is -0.482 e. The first kappa shape index (κ1) is 30.5. The van der Waals surface area contributed by atoms with Gasteiger partial charge in [-0.25, -0.2) is 14.6 Å². The Morgan fingerprint density at radius 3 is 2.02 bits per heavy atom. The summed E-state index contributed by atoms with van der Waals surface area (Å²) in [6, 6.07) is 22.5. The smallest absolute Gasteiger partial charge is 0.341 e. The number of nitrogens with one attached hydrogen (secondary N) is 2. The first-order chi connectivity index (χ1) is 20.7. The summed E-state index contributed by atoms with van der Waals surface area (Å²) in [6.07, 6.45) is 6.35. The molecule has 0 saturated heterocycles. The number of ether oxygens (including phenoxy) is 2. The molecule has 3 N–H and O–H groups in total. The molecule has 9 nitrogen and oxygen atoms in total. The Hall–Kier alpha value is -5.44. The number of aromatic amines is 1. The Bertz CT molecular complexity index is 1620. The number of carbonyl (C=O) groups excluding carboxylic acids is 2. The molecule has 0 unspecified atom stereocenters. The second kappa shape index (κ2) is 14.5. The fourth-order valence-electron chi connectivity index (χ4n) is 4.15. The number of benzene rings is 3. The van der Waals surface area contributed by atoms with Crippen LogP contribution < -0.4 is 10.1 Å². The molecule has 4 rings (SSSR count). The number of rotatable bonds is 12. The average Bonchev–Trinajstić information content (AvgIpc) is 3.44. The van der Waals surface area contributed by atoms with Crippen LogP contribution in [0.2, 0.25) is 0 Å². The number of hydrogen-bond acceptors (Lipinski definition) is 6. The van der Waals surface area contributed by atoms with Gasteiger partial charge in [-0.3, -0.25) is 4.79 Å². The monoisotopic (exact) mass is 579 g/mol. The van der Waals surface area contributed by atoms with Crippen LogP contribution in [0.3, 0.4) is 0 Å². The van der Waals surface area contributed by atoms with Crippen molar-refractivity contribution >= 4 is 30.0 Å². The molecule has 0 aliphatic rings. The molecule has 1 aromatic heterocycles. The maximum atomic E-state index is 12.0. The van der Waals surface area contributed by atoms with Crippen LogP contribution in [-0.2, 0) is 19.1 Å². The number of H-pyrrole nitrogens is 1. The van der Waals surface area contributed by atoms with Gasteiger partial charge in [0, 0.05) is 34.9 Å². The Kier molecular flexibility index (Phi) is 10.3. The molecular weight excluding hydrogens is 546 g/mol. The average molecular weight is 580 g/mol. The minimum absolute atomic E-state index is 0.0579. The van der Waals surface area contributed by atoms with Gasteiger partial charge in [0.1, 0.15) is 11.6 Å². The van der Waals surface area contributed by atoms with Crippen LogP contribution in [-0.4, -0.2) is 52.2 Å². The van der Waals surface area contributed by atoms with Crippen LogP contribution in [0.4, 0.5) is 0 Å². The molecule has 0 radical (unpaired) electrons. The third-order valence-corrected chi connectivity index (χ3v) is 6.13. The summed E-state index contributed by atoms with van der Waals surface area (Å²) in [4.78, 5) is 42.9. The van der Waals surface area contributed by atoms with E-state index in [1.165, 1.54) is 12.2 Å². The predicted molar refractivity (Wildman–Crippen MR) is 166 cm³/mol. The molecule has 9 heteroatoms. The maximum Gasteiger partial charge on any atom is 0.341 e. The number of esters is 1. The lowest BCUT2D eigenvalue weighted by Crippen LogP contribution is -2.28. The van der Waals surface area contributed by atoms with E-state index in [1.807, 2.05) is 74.5 Å². The van der Waals surface area contributed by atoms with E-state index in [4.69, 9.17) is 19.6 Å². The number of amides is 1. The van der Waals surface area contributed by atoms with Crippen LogP contribution in [0.1, 0.15) is 31.9 Å². The van der Waals surface area contributed by atoms with E-state index in [9.17, 15) is 14.4 Å². The molecule has 0 saturated carbocycles. The van der Waals surface area contributed by atoms with Gasteiger partial charge in [0.05, 0.1) is 18.0 Å². The van der Waals surface area contributed by atoms with Crippen LogP contribution >= 0.6 is 0 Å². The van der Waals surface area contributed by atoms with Crippen molar-refractivity contribution in [2.45, 2.75) is 26.8 Å².